The summed E-state index contributed by atoms with van der Waals surface area (Å²) in [6.07, 6.45) is 2.62. The van der Waals surface area contributed by atoms with Crippen LogP contribution in [0.1, 0.15) is 10.4 Å². The Bertz CT molecular complexity index is 807. The standard InChI is InChI=1S/C15H9Cl3N2O3/c16-9-1-3-11(13(18)7-9)15(21)5-6-19-10-2-4-12(17)14(8-10)20(22)23/h1-8,19H. The lowest BCUT2D eigenvalue weighted by atomic mass is 10.1. The first kappa shape index (κ1) is 17.3. The maximum absolute atomic E-state index is 12.0. The number of carbonyl (C=O) groups excluding carboxylic acids is 1. The SMILES string of the molecule is O=C(C=CNc1ccc(Cl)c([N+](=O)[O-])c1)c1ccc(Cl)cc1Cl. The molecule has 0 spiro atoms. The fourth-order valence-corrected chi connectivity index (χ4v) is 2.42. The molecule has 0 aliphatic heterocycles. The Kier molecular flexibility index (Phi) is 5.60. The van der Waals surface area contributed by atoms with Crippen molar-refractivity contribution in [2.45, 2.75) is 0 Å². The second-order valence-corrected chi connectivity index (χ2v) is 5.64. The van der Waals surface area contributed by atoms with E-state index in [-0.39, 0.29) is 21.5 Å². The number of ketones is 1. The molecule has 2 rings (SSSR count). The van der Waals surface area contributed by atoms with Gasteiger partial charge in [0.05, 0.1) is 9.95 Å². The third-order valence-corrected chi connectivity index (χ3v) is 3.69. The molecule has 0 aliphatic carbocycles. The molecule has 5 nitrogen and oxygen atoms in total. The quantitative estimate of drug-likeness (QED) is 0.332. The van der Waals surface area contributed by atoms with Crippen molar-refractivity contribution in [2.24, 2.45) is 0 Å². The zero-order chi connectivity index (χ0) is 17.0. The first-order valence-corrected chi connectivity index (χ1v) is 7.38. The number of halogens is 3. The third kappa shape index (κ3) is 4.45. The highest BCUT2D eigenvalue weighted by Gasteiger charge is 2.12. The Morgan fingerprint density at radius 3 is 2.48 bits per heavy atom. The van der Waals surface area contributed by atoms with E-state index in [1.54, 1.807) is 12.1 Å². The second kappa shape index (κ2) is 7.46. The summed E-state index contributed by atoms with van der Waals surface area (Å²) in [6.45, 7) is 0. The van der Waals surface area contributed by atoms with Gasteiger partial charge < -0.3 is 5.32 Å². The Morgan fingerprint density at radius 1 is 1.09 bits per heavy atom. The van der Waals surface area contributed by atoms with E-state index >= 15 is 0 Å². The van der Waals surface area contributed by atoms with Gasteiger partial charge in [0.25, 0.3) is 5.69 Å². The van der Waals surface area contributed by atoms with Gasteiger partial charge in [-0.3, -0.25) is 14.9 Å². The highest BCUT2D eigenvalue weighted by atomic mass is 35.5. The van der Waals surface area contributed by atoms with Crippen molar-refractivity contribution in [3.63, 3.8) is 0 Å². The van der Waals surface area contributed by atoms with E-state index in [0.29, 0.717) is 16.3 Å². The molecule has 2 aromatic carbocycles. The number of carbonyl (C=O) groups is 1. The highest BCUT2D eigenvalue weighted by molar-refractivity contribution is 6.37. The lowest BCUT2D eigenvalue weighted by molar-refractivity contribution is -0.384. The van der Waals surface area contributed by atoms with Gasteiger partial charge in [0.1, 0.15) is 5.02 Å². The maximum atomic E-state index is 12.0. The van der Waals surface area contributed by atoms with E-state index in [0.717, 1.165) is 0 Å². The van der Waals surface area contributed by atoms with Crippen molar-refractivity contribution >= 4 is 52.0 Å². The number of benzene rings is 2. The molecule has 23 heavy (non-hydrogen) atoms. The summed E-state index contributed by atoms with van der Waals surface area (Å²) in [7, 11) is 0. The lowest BCUT2D eigenvalue weighted by Crippen LogP contribution is -1.98. The number of rotatable bonds is 5. The van der Waals surface area contributed by atoms with Crippen molar-refractivity contribution in [1.29, 1.82) is 0 Å². The number of hydrogen-bond donors (Lipinski definition) is 1. The topological polar surface area (TPSA) is 72.2 Å². The van der Waals surface area contributed by atoms with Gasteiger partial charge in [-0.2, -0.15) is 0 Å². The predicted octanol–water partition coefficient (Wildman–Crippen LogP) is 5.36. The van der Waals surface area contributed by atoms with Crippen LogP contribution in [0, 0.1) is 10.1 Å². The van der Waals surface area contributed by atoms with Crippen LogP contribution in [0.5, 0.6) is 0 Å². The van der Waals surface area contributed by atoms with Crippen LogP contribution in [0.25, 0.3) is 0 Å². The molecule has 0 saturated carbocycles. The van der Waals surface area contributed by atoms with Crippen LogP contribution >= 0.6 is 34.8 Å². The fraction of sp³-hybridized carbons (Fsp3) is 0. The molecule has 0 aromatic heterocycles. The Morgan fingerprint density at radius 2 is 1.83 bits per heavy atom. The number of nitro groups is 1. The molecule has 0 aliphatic rings. The minimum Gasteiger partial charge on any atom is -0.361 e. The molecule has 0 saturated heterocycles. The van der Waals surface area contributed by atoms with Crippen LogP contribution in [-0.2, 0) is 0 Å². The summed E-state index contributed by atoms with van der Waals surface area (Å²) < 4.78 is 0. The molecule has 0 fully saturated rings. The number of allylic oxidation sites excluding steroid dienone is 1. The summed E-state index contributed by atoms with van der Waals surface area (Å²) in [5.74, 6) is -0.331. The molecule has 2 aromatic rings. The van der Waals surface area contributed by atoms with Gasteiger partial charge in [-0.15, -0.1) is 0 Å². The number of nitrogens with zero attached hydrogens (tertiary/aromatic N) is 1. The molecular weight excluding hydrogens is 363 g/mol. The third-order valence-electron chi connectivity index (χ3n) is 2.82. The molecule has 1 N–H and O–H groups in total. The summed E-state index contributed by atoms with van der Waals surface area (Å²) in [6, 6.07) is 8.77. The zero-order valence-electron chi connectivity index (χ0n) is 11.4. The first-order valence-electron chi connectivity index (χ1n) is 6.25. The summed E-state index contributed by atoms with van der Waals surface area (Å²) in [5, 5.41) is 14.3. The van der Waals surface area contributed by atoms with Crippen molar-refractivity contribution in [3.05, 3.63) is 79.4 Å². The van der Waals surface area contributed by atoms with Crippen LogP contribution in [0.15, 0.2) is 48.7 Å². The normalized spacial score (nSPS) is 10.7. The van der Waals surface area contributed by atoms with Crippen LogP contribution in [0.4, 0.5) is 11.4 Å². The average molecular weight is 372 g/mol. The summed E-state index contributed by atoms with van der Waals surface area (Å²) >= 11 is 17.4. The Labute approximate surface area is 146 Å². The molecular formula is C15H9Cl3N2O3. The number of anilines is 1. The number of nitrogens with one attached hydrogen (secondary N) is 1. The van der Waals surface area contributed by atoms with E-state index < -0.39 is 4.92 Å². The summed E-state index contributed by atoms with van der Waals surface area (Å²) in [4.78, 5) is 22.2. The van der Waals surface area contributed by atoms with Gasteiger partial charge in [-0.25, -0.2) is 0 Å². The van der Waals surface area contributed by atoms with Gasteiger partial charge in [-0.05, 0) is 30.3 Å². The lowest BCUT2D eigenvalue weighted by Gasteiger charge is -2.03. The predicted molar refractivity (Wildman–Crippen MR) is 91.7 cm³/mol. The largest absolute Gasteiger partial charge is 0.361 e. The van der Waals surface area contributed by atoms with Crippen LogP contribution < -0.4 is 5.32 Å². The van der Waals surface area contributed by atoms with Crippen LogP contribution in [0.3, 0.4) is 0 Å². The van der Waals surface area contributed by atoms with E-state index in [1.165, 1.54) is 36.5 Å². The Hall–Kier alpha value is -2.08. The monoisotopic (exact) mass is 370 g/mol. The van der Waals surface area contributed by atoms with Crippen molar-refractivity contribution in [1.82, 2.24) is 0 Å². The van der Waals surface area contributed by atoms with Crippen LogP contribution in [-0.4, -0.2) is 10.7 Å². The Balaban J connectivity index is 2.11. The van der Waals surface area contributed by atoms with Gasteiger partial charge in [0.15, 0.2) is 5.78 Å². The summed E-state index contributed by atoms with van der Waals surface area (Å²) in [5.41, 5.74) is 0.501. The molecule has 0 atom stereocenters. The number of hydrogen-bond acceptors (Lipinski definition) is 4. The van der Waals surface area contributed by atoms with E-state index in [9.17, 15) is 14.9 Å². The smallest absolute Gasteiger partial charge is 0.289 e. The minimum absolute atomic E-state index is 0.0357. The second-order valence-electron chi connectivity index (χ2n) is 4.39. The van der Waals surface area contributed by atoms with Gasteiger partial charge in [0.2, 0.25) is 0 Å². The molecule has 0 radical (unpaired) electrons. The minimum atomic E-state index is -0.587. The molecule has 8 heteroatoms. The molecule has 0 amide bonds. The van der Waals surface area contributed by atoms with Crippen LogP contribution in [0.2, 0.25) is 15.1 Å². The van der Waals surface area contributed by atoms with E-state index in [2.05, 4.69) is 5.32 Å². The molecule has 0 heterocycles. The fourth-order valence-electron chi connectivity index (χ4n) is 1.74. The average Bonchev–Trinajstić information content (AvgIpc) is 2.48. The number of nitro benzene ring substituents is 1. The van der Waals surface area contributed by atoms with Gasteiger partial charge in [-0.1, -0.05) is 34.8 Å². The van der Waals surface area contributed by atoms with Gasteiger partial charge >= 0.3 is 0 Å². The highest BCUT2D eigenvalue weighted by Crippen LogP contribution is 2.27. The van der Waals surface area contributed by atoms with E-state index in [4.69, 9.17) is 34.8 Å². The first-order chi connectivity index (χ1) is 10.9. The van der Waals surface area contributed by atoms with E-state index in [1.807, 2.05) is 0 Å². The van der Waals surface area contributed by atoms with Gasteiger partial charge in [0, 0.05) is 34.6 Å². The maximum Gasteiger partial charge on any atom is 0.289 e. The van der Waals surface area contributed by atoms with Crippen molar-refractivity contribution in [3.8, 4) is 0 Å². The van der Waals surface area contributed by atoms with Crippen molar-refractivity contribution < 1.29 is 9.72 Å². The molecule has 0 unspecified atom stereocenters. The van der Waals surface area contributed by atoms with Crippen molar-refractivity contribution in [2.75, 3.05) is 5.32 Å². The zero-order valence-corrected chi connectivity index (χ0v) is 13.7. The molecule has 0 bridgehead atoms. The molecule has 118 valence electrons.